The van der Waals surface area contributed by atoms with Gasteiger partial charge in [-0.05, 0) is 18.3 Å². The minimum absolute atomic E-state index is 0.260. The fourth-order valence-electron chi connectivity index (χ4n) is 3.50. The summed E-state index contributed by atoms with van der Waals surface area (Å²) in [5.74, 6) is 1.51. The topological polar surface area (TPSA) is 38.7 Å². The van der Waals surface area contributed by atoms with E-state index in [0.29, 0.717) is 6.42 Å². The van der Waals surface area contributed by atoms with Gasteiger partial charge < -0.3 is 4.84 Å². The van der Waals surface area contributed by atoms with Crippen molar-refractivity contribution in [3.8, 4) is 0 Å². The molecule has 0 radical (unpaired) electrons. The van der Waals surface area contributed by atoms with Crippen LogP contribution in [0.15, 0.2) is 5.16 Å². The van der Waals surface area contributed by atoms with E-state index in [1.54, 1.807) is 0 Å². The number of carbonyl (C=O) groups is 1. The second-order valence-electron chi connectivity index (χ2n) is 7.81. The maximum Gasteiger partial charge on any atom is 0.334 e. The van der Waals surface area contributed by atoms with Crippen molar-refractivity contribution >= 4 is 12.7 Å². The number of carbonyl (C=O) groups excluding carboxylic acids is 1. The molecule has 0 amide bonds. The van der Waals surface area contributed by atoms with Crippen LogP contribution in [-0.2, 0) is 9.63 Å². The first kappa shape index (κ1) is 24.1. The molecule has 0 aliphatic heterocycles. The molecule has 1 atom stereocenters. The van der Waals surface area contributed by atoms with E-state index in [1.807, 2.05) is 0 Å². The van der Waals surface area contributed by atoms with E-state index < -0.39 is 0 Å². The molecule has 0 aliphatic rings. The number of oxime groups is 1. The van der Waals surface area contributed by atoms with E-state index in [-0.39, 0.29) is 5.97 Å². The summed E-state index contributed by atoms with van der Waals surface area (Å²) in [6.45, 7) is 10.2. The molecule has 3 heteroatoms. The molecule has 0 N–H and O–H groups in total. The van der Waals surface area contributed by atoms with E-state index in [9.17, 15) is 4.79 Å². The third kappa shape index (κ3) is 16.4. The summed E-state index contributed by atoms with van der Waals surface area (Å²) in [6.07, 6.45) is 18.9. The van der Waals surface area contributed by atoms with Gasteiger partial charge in [-0.25, -0.2) is 4.79 Å². The van der Waals surface area contributed by atoms with Crippen molar-refractivity contribution < 1.29 is 9.63 Å². The third-order valence-electron chi connectivity index (χ3n) is 5.24. The van der Waals surface area contributed by atoms with Gasteiger partial charge in [0.15, 0.2) is 0 Å². The molecule has 0 spiro atoms. The zero-order valence-electron chi connectivity index (χ0n) is 17.2. The molecule has 0 aromatic carbocycles. The van der Waals surface area contributed by atoms with Crippen molar-refractivity contribution in [2.24, 2.45) is 17.0 Å². The molecule has 0 aromatic heterocycles. The summed E-state index contributed by atoms with van der Waals surface area (Å²) in [6, 6.07) is 0. The van der Waals surface area contributed by atoms with Gasteiger partial charge in [0.2, 0.25) is 0 Å². The fraction of sp³-hybridized carbons (Fsp3) is 0.909. The van der Waals surface area contributed by atoms with Gasteiger partial charge in [0.25, 0.3) is 0 Å². The number of hydrogen-bond donors (Lipinski definition) is 0. The van der Waals surface area contributed by atoms with Crippen LogP contribution in [0.25, 0.3) is 0 Å². The predicted octanol–water partition coefficient (Wildman–Crippen LogP) is 7.29. The summed E-state index contributed by atoms with van der Waals surface area (Å²) in [4.78, 5) is 15.6. The Morgan fingerprint density at radius 3 is 1.80 bits per heavy atom. The lowest BCUT2D eigenvalue weighted by Crippen LogP contribution is -2.08. The Hall–Kier alpha value is -0.860. The van der Waals surface area contributed by atoms with Gasteiger partial charge in [-0.3, -0.25) is 0 Å². The Morgan fingerprint density at radius 2 is 1.32 bits per heavy atom. The lowest BCUT2D eigenvalue weighted by molar-refractivity contribution is -0.143. The standard InChI is InChI=1S/C22H43NO2/c1-5-6-7-14-17-21(20(2)3)18-15-12-10-8-9-11-13-16-19-22(24)25-23-4/h20-21H,4-19H2,1-3H3. The first-order chi connectivity index (χ1) is 12.1. The number of nitrogens with zero attached hydrogens (tertiary/aromatic N) is 1. The van der Waals surface area contributed by atoms with Crippen LogP contribution in [-0.4, -0.2) is 12.7 Å². The van der Waals surface area contributed by atoms with Crippen LogP contribution in [0.4, 0.5) is 0 Å². The maximum absolute atomic E-state index is 11.1. The Bertz CT molecular complexity index is 315. The molecule has 0 bridgehead atoms. The van der Waals surface area contributed by atoms with Crippen LogP contribution >= 0.6 is 0 Å². The van der Waals surface area contributed by atoms with Gasteiger partial charge in [0.05, 0.1) is 0 Å². The highest BCUT2D eigenvalue weighted by Crippen LogP contribution is 2.25. The molecular formula is C22H43NO2. The minimum atomic E-state index is -0.260. The molecule has 0 aliphatic carbocycles. The predicted molar refractivity (Wildman–Crippen MR) is 109 cm³/mol. The Morgan fingerprint density at radius 1 is 0.840 bits per heavy atom. The highest BCUT2D eigenvalue weighted by atomic mass is 16.7. The summed E-state index contributed by atoms with van der Waals surface area (Å²) in [5, 5.41) is 3.14. The molecule has 1 unspecified atom stereocenters. The van der Waals surface area contributed by atoms with Gasteiger partial charge in [-0.1, -0.05) is 109 Å². The summed E-state index contributed by atoms with van der Waals surface area (Å²) < 4.78 is 0. The van der Waals surface area contributed by atoms with Crippen molar-refractivity contribution in [3.05, 3.63) is 0 Å². The minimum Gasteiger partial charge on any atom is -0.319 e. The van der Waals surface area contributed by atoms with Crippen molar-refractivity contribution in [1.82, 2.24) is 0 Å². The van der Waals surface area contributed by atoms with Crippen molar-refractivity contribution in [3.63, 3.8) is 0 Å². The van der Waals surface area contributed by atoms with Crippen molar-refractivity contribution in [2.75, 3.05) is 0 Å². The molecular weight excluding hydrogens is 310 g/mol. The number of rotatable bonds is 18. The first-order valence-corrected chi connectivity index (χ1v) is 10.8. The van der Waals surface area contributed by atoms with Crippen LogP contribution < -0.4 is 0 Å². The molecule has 25 heavy (non-hydrogen) atoms. The zero-order chi connectivity index (χ0) is 18.8. The highest BCUT2D eigenvalue weighted by Gasteiger charge is 2.12. The van der Waals surface area contributed by atoms with Crippen LogP contribution in [0.1, 0.15) is 117 Å². The van der Waals surface area contributed by atoms with E-state index in [1.165, 1.54) is 77.0 Å². The van der Waals surface area contributed by atoms with Crippen LogP contribution in [0.5, 0.6) is 0 Å². The summed E-state index contributed by atoms with van der Waals surface area (Å²) in [7, 11) is 0. The Labute approximate surface area is 157 Å². The molecule has 0 saturated heterocycles. The summed E-state index contributed by atoms with van der Waals surface area (Å²) in [5.41, 5.74) is 0. The highest BCUT2D eigenvalue weighted by molar-refractivity contribution is 5.69. The maximum atomic E-state index is 11.1. The van der Waals surface area contributed by atoms with Gasteiger partial charge in [0, 0.05) is 13.1 Å². The average molecular weight is 354 g/mol. The van der Waals surface area contributed by atoms with Crippen molar-refractivity contribution in [1.29, 1.82) is 0 Å². The number of hydrogen-bond acceptors (Lipinski definition) is 3. The second-order valence-corrected chi connectivity index (χ2v) is 7.81. The largest absolute Gasteiger partial charge is 0.334 e. The molecule has 0 aromatic rings. The van der Waals surface area contributed by atoms with E-state index in [4.69, 9.17) is 0 Å². The van der Waals surface area contributed by atoms with Gasteiger partial charge >= 0.3 is 5.97 Å². The van der Waals surface area contributed by atoms with Gasteiger partial charge in [0.1, 0.15) is 0 Å². The van der Waals surface area contributed by atoms with Crippen LogP contribution in [0.3, 0.4) is 0 Å². The molecule has 0 rings (SSSR count). The van der Waals surface area contributed by atoms with Gasteiger partial charge in [-0.15, -0.1) is 0 Å². The molecule has 0 fully saturated rings. The SMILES string of the molecule is C=NOC(=O)CCCCCCCCCCC(CCCCCC)C(C)C. The van der Waals surface area contributed by atoms with E-state index in [0.717, 1.165) is 24.7 Å². The average Bonchev–Trinajstić information content (AvgIpc) is 2.58. The first-order valence-electron chi connectivity index (χ1n) is 10.8. The van der Waals surface area contributed by atoms with E-state index >= 15 is 0 Å². The second kappa shape index (κ2) is 17.9. The fourth-order valence-corrected chi connectivity index (χ4v) is 3.50. The quantitative estimate of drug-likeness (QED) is 0.112. The zero-order valence-corrected chi connectivity index (χ0v) is 17.2. The lowest BCUT2D eigenvalue weighted by Gasteiger charge is -2.20. The Kier molecular flexibility index (Phi) is 17.3. The Balaban J connectivity index is 3.45. The summed E-state index contributed by atoms with van der Waals surface area (Å²) >= 11 is 0. The van der Waals surface area contributed by atoms with Crippen LogP contribution in [0.2, 0.25) is 0 Å². The number of unbranched alkanes of at least 4 members (excludes halogenated alkanes) is 10. The van der Waals surface area contributed by atoms with Crippen molar-refractivity contribution in [2.45, 2.75) is 117 Å². The monoisotopic (exact) mass is 353 g/mol. The van der Waals surface area contributed by atoms with Gasteiger partial charge in [-0.2, -0.15) is 0 Å². The lowest BCUT2D eigenvalue weighted by atomic mass is 9.85. The molecule has 148 valence electrons. The molecule has 0 saturated carbocycles. The van der Waals surface area contributed by atoms with Crippen LogP contribution in [0, 0.1) is 11.8 Å². The third-order valence-corrected chi connectivity index (χ3v) is 5.24. The molecule has 0 heterocycles. The smallest absolute Gasteiger partial charge is 0.319 e. The van der Waals surface area contributed by atoms with E-state index in [2.05, 4.69) is 37.5 Å². The molecule has 3 nitrogen and oxygen atoms in total. The normalized spacial score (nSPS) is 12.3.